The van der Waals surface area contributed by atoms with Gasteiger partial charge in [-0.3, -0.25) is 9.59 Å². The maximum atomic E-state index is 12.2. The van der Waals surface area contributed by atoms with E-state index >= 15 is 0 Å². The lowest BCUT2D eigenvalue weighted by molar-refractivity contribution is 0.0948. The average molecular weight is 364 g/mol. The van der Waals surface area contributed by atoms with Crippen molar-refractivity contribution in [2.75, 3.05) is 12.4 Å². The third-order valence-corrected chi connectivity index (χ3v) is 3.97. The molecule has 0 aliphatic rings. The van der Waals surface area contributed by atoms with Crippen molar-refractivity contribution in [3.63, 3.8) is 0 Å². The summed E-state index contributed by atoms with van der Waals surface area (Å²) in [5.41, 5.74) is 2.29. The standard InChI is InChI=1S/C21H20N2O4/c1-14-3-5-15(6-4-14)20(24)22-13-18-11-12-19(27-18)21(25)23-16-7-9-17(26-2)10-8-16/h3-12H,13H2,1-2H3,(H,22,24)(H,23,25). The van der Waals surface area contributed by atoms with Crippen LogP contribution >= 0.6 is 0 Å². The lowest BCUT2D eigenvalue weighted by Gasteiger charge is -2.05. The summed E-state index contributed by atoms with van der Waals surface area (Å²) < 4.78 is 10.6. The first-order chi connectivity index (χ1) is 13.0. The highest BCUT2D eigenvalue weighted by Crippen LogP contribution is 2.17. The molecule has 0 aliphatic heterocycles. The van der Waals surface area contributed by atoms with E-state index in [0.29, 0.717) is 22.8 Å². The van der Waals surface area contributed by atoms with Crippen molar-refractivity contribution >= 4 is 17.5 Å². The normalized spacial score (nSPS) is 10.3. The average Bonchev–Trinajstić information content (AvgIpc) is 3.16. The largest absolute Gasteiger partial charge is 0.497 e. The molecule has 0 spiro atoms. The number of rotatable bonds is 6. The number of amides is 2. The van der Waals surface area contributed by atoms with Gasteiger partial charge in [0.25, 0.3) is 11.8 Å². The van der Waals surface area contributed by atoms with Crippen molar-refractivity contribution in [2.24, 2.45) is 0 Å². The van der Waals surface area contributed by atoms with Gasteiger partial charge in [-0.25, -0.2) is 0 Å². The Kier molecular flexibility index (Phi) is 5.56. The molecule has 2 N–H and O–H groups in total. The van der Waals surface area contributed by atoms with Gasteiger partial charge in [0, 0.05) is 11.3 Å². The Morgan fingerprint density at radius 2 is 1.63 bits per heavy atom. The molecule has 3 rings (SSSR count). The quantitative estimate of drug-likeness (QED) is 0.697. The van der Waals surface area contributed by atoms with Crippen molar-refractivity contribution < 1.29 is 18.7 Å². The van der Waals surface area contributed by atoms with Gasteiger partial charge in [-0.05, 0) is 55.5 Å². The molecule has 0 unspecified atom stereocenters. The van der Waals surface area contributed by atoms with Crippen LogP contribution in [0.5, 0.6) is 5.75 Å². The molecular weight excluding hydrogens is 344 g/mol. The summed E-state index contributed by atoms with van der Waals surface area (Å²) in [4.78, 5) is 24.4. The third kappa shape index (κ3) is 4.76. The van der Waals surface area contributed by atoms with Crippen LogP contribution in [-0.4, -0.2) is 18.9 Å². The minimum atomic E-state index is -0.365. The van der Waals surface area contributed by atoms with Crippen LogP contribution in [0, 0.1) is 6.92 Å². The molecule has 2 amide bonds. The van der Waals surface area contributed by atoms with Gasteiger partial charge < -0.3 is 19.8 Å². The third-order valence-electron chi connectivity index (χ3n) is 3.97. The van der Waals surface area contributed by atoms with Crippen LogP contribution in [0.1, 0.15) is 32.2 Å². The lowest BCUT2D eigenvalue weighted by atomic mass is 10.1. The molecule has 1 heterocycles. The molecule has 1 aromatic heterocycles. The Hall–Kier alpha value is -3.54. The molecule has 0 radical (unpaired) electrons. The van der Waals surface area contributed by atoms with Crippen molar-refractivity contribution in [3.05, 3.63) is 83.3 Å². The van der Waals surface area contributed by atoms with Gasteiger partial charge in [0.05, 0.1) is 13.7 Å². The van der Waals surface area contributed by atoms with E-state index in [1.165, 1.54) is 0 Å². The molecule has 2 aromatic carbocycles. The Morgan fingerprint density at radius 1 is 0.926 bits per heavy atom. The molecule has 0 atom stereocenters. The molecule has 0 aliphatic carbocycles. The maximum absolute atomic E-state index is 12.2. The van der Waals surface area contributed by atoms with Crippen LogP contribution < -0.4 is 15.4 Å². The molecule has 138 valence electrons. The second-order valence-electron chi connectivity index (χ2n) is 6.00. The van der Waals surface area contributed by atoms with Crippen LogP contribution in [0.4, 0.5) is 5.69 Å². The Labute approximate surface area is 157 Å². The van der Waals surface area contributed by atoms with E-state index in [9.17, 15) is 9.59 Å². The number of anilines is 1. The smallest absolute Gasteiger partial charge is 0.291 e. The second kappa shape index (κ2) is 8.23. The number of aryl methyl sites for hydroxylation is 1. The zero-order valence-electron chi connectivity index (χ0n) is 15.1. The molecule has 3 aromatic rings. The number of nitrogens with one attached hydrogen (secondary N) is 2. The molecule has 6 heteroatoms. The van der Waals surface area contributed by atoms with E-state index in [-0.39, 0.29) is 24.1 Å². The summed E-state index contributed by atoms with van der Waals surface area (Å²) in [6.07, 6.45) is 0. The van der Waals surface area contributed by atoms with Crippen LogP contribution in [0.2, 0.25) is 0 Å². The van der Waals surface area contributed by atoms with E-state index in [0.717, 1.165) is 5.56 Å². The zero-order chi connectivity index (χ0) is 19.2. The number of hydrogen-bond acceptors (Lipinski definition) is 4. The maximum Gasteiger partial charge on any atom is 0.291 e. The van der Waals surface area contributed by atoms with E-state index in [4.69, 9.17) is 9.15 Å². The summed E-state index contributed by atoms with van der Waals surface area (Å²) in [6, 6.07) is 17.5. The summed E-state index contributed by atoms with van der Waals surface area (Å²) in [7, 11) is 1.58. The van der Waals surface area contributed by atoms with Crippen molar-refractivity contribution in [3.8, 4) is 5.75 Å². The predicted molar refractivity (Wildman–Crippen MR) is 102 cm³/mol. The summed E-state index contributed by atoms with van der Waals surface area (Å²) in [5.74, 6) is 0.810. The van der Waals surface area contributed by atoms with E-state index in [2.05, 4.69) is 10.6 Å². The van der Waals surface area contributed by atoms with Gasteiger partial charge in [0.1, 0.15) is 11.5 Å². The highest BCUT2D eigenvalue weighted by molar-refractivity contribution is 6.02. The number of benzene rings is 2. The molecule has 27 heavy (non-hydrogen) atoms. The SMILES string of the molecule is COc1ccc(NC(=O)c2ccc(CNC(=O)c3ccc(C)cc3)o2)cc1. The van der Waals surface area contributed by atoms with Crippen LogP contribution in [0.3, 0.4) is 0 Å². The Balaban J connectivity index is 1.56. The number of methoxy groups -OCH3 is 1. The molecule has 6 nitrogen and oxygen atoms in total. The lowest BCUT2D eigenvalue weighted by Crippen LogP contribution is -2.22. The number of carbonyl (C=O) groups is 2. The molecule has 0 saturated heterocycles. The molecule has 0 bridgehead atoms. The van der Waals surface area contributed by atoms with Gasteiger partial charge in [-0.15, -0.1) is 0 Å². The fourth-order valence-electron chi connectivity index (χ4n) is 2.44. The van der Waals surface area contributed by atoms with Gasteiger partial charge in [-0.1, -0.05) is 17.7 Å². The Bertz CT molecular complexity index is 928. The van der Waals surface area contributed by atoms with Gasteiger partial charge >= 0.3 is 0 Å². The van der Waals surface area contributed by atoms with Gasteiger partial charge in [0.2, 0.25) is 0 Å². The first-order valence-corrected chi connectivity index (χ1v) is 8.44. The van der Waals surface area contributed by atoms with E-state index in [1.54, 1.807) is 55.6 Å². The highest BCUT2D eigenvalue weighted by Gasteiger charge is 2.13. The van der Waals surface area contributed by atoms with Gasteiger partial charge in [-0.2, -0.15) is 0 Å². The Morgan fingerprint density at radius 3 is 2.30 bits per heavy atom. The summed E-state index contributed by atoms with van der Waals surface area (Å²) in [6.45, 7) is 2.16. The van der Waals surface area contributed by atoms with Crippen LogP contribution in [0.15, 0.2) is 65.1 Å². The number of furan rings is 1. The van der Waals surface area contributed by atoms with Crippen molar-refractivity contribution in [2.45, 2.75) is 13.5 Å². The number of ether oxygens (including phenoxy) is 1. The van der Waals surface area contributed by atoms with Crippen LogP contribution in [0.25, 0.3) is 0 Å². The number of carbonyl (C=O) groups excluding carboxylic acids is 2. The van der Waals surface area contributed by atoms with E-state index in [1.807, 2.05) is 19.1 Å². The topological polar surface area (TPSA) is 80.6 Å². The van der Waals surface area contributed by atoms with Crippen LogP contribution in [-0.2, 0) is 6.54 Å². The first kappa shape index (κ1) is 18.3. The monoisotopic (exact) mass is 364 g/mol. The first-order valence-electron chi connectivity index (χ1n) is 8.44. The second-order valence-corrected chi connectivity index (χ2v) is 6.00. The summed E-state index contributed by atoms with van der Waals surface area (Å²) in [5, 5.41) is 5.51. The van der Waals surface area contributed by atoms with Crippen molar-refractivity contribution in [1.82, 2.24) is 5.32 Å². The van der Waals surface area contributed by atoms with E-state index < -0.39 is 0 Å². The molecule has 0 saturated carbocycles. The predicted octanol–water partition coefficient (Wildman–Crippen LogP) is 3.78. The summed E-state index contributed by atoms with van der Waals surface area (Å²) >= 11 is 0. The minimum Gasteiger partial charge on any atom is -0.497 e. The fraction of sp³-hybridized carbons (Fsp3) is 0.143. The molecular formula is C21H20N2O4. The highest BCUT2D eigenvalue weighted by atomic mass is 16.5. The van der Waals surface area contributed by atoms with Gasteiger partial charge in [0.15, 0.2) is 5.76 Å². The molecule has 0 fully saturated rings. The number of hydrogen-bond donors (Lipinski definition) is 2. The van der Waals surface area contributed by atoms with Crippen molar-refractivity contribution in [1.29, 1.82) is 0 Å². The minimum absolute atomic E-state index is 0.172. The zero-order valence-corrected chi connectivity index (χ0v) is 15.1. The fourth-order valence-corrected chi connectivity index (χ4v) is 2.44.